The molecule has 274 valence electrons. The number of rotatable bonds is 8. The van der Waals surface area contributed by atoms with Crippen molar-refractivity contribution in [1.82, 2.24) is 24.8 Å². The second-order valence-electron chi connectivity index (χ2n) is 14.1. The number of piperidine rings is 1. The first-order chi connectivity index (χ1) is 26.2. The Hall–Kier alpha value is -6.29. The van der Waals surface area contributed by atoms with Crippen LogP contribution in [0.4, 0.5) is 11.4 Å². The van der Waals surface area contributed by atoms with Crippen LogP contribution >= 0.6 is 0 Å². The summed E-state index contributed by atoms with van der Waals surface area (Å²) in [5.74, 6) is -1.57. The predicted octanol–water partition coefficient (Wildman–Crippen LogP) is 1.23. The maximum atomic E-state index is 13.2. The summed E-state index contributed by atoms with van der Waals surface area (Å²) in [6.45, 7) is 1.34. The maximum absolute atomic E-state index is 13.2. The number of amides is 5. The third kappa shape index (κ3) is 5.97. The number of hydrogen-bond donors (Lipinski definition) is 2. The van der Waals surface area contributed by atoms with E-state index in [2.05, 4.69) is 31.8 Å². The predicted molar refractivity (Wildman–Crippen MR) is 191 cm³/mol. The van der Waals surface area contributed by atoms with Crippen molar-refractivity contribution in [2.45, 2.75) is 56.8 Å². The largest absolute Gasteiger partial charge is 0.494 e. The molecule has 6 heterocycles. The van der Waals surface area contributed by atoms with E-state index in [0.29, 0.717) is 41.7 Å². The highest BCUT2D eigenvalue weighted by Crippen LogP contribution is 2.34. The van der Waals surface area contributed by atoms with Gasteiger partial charge in [0.05, 0.1) is 47.5 Å². The van der Waals surface area contributed by atoms with Gasteiger partial charge in [0.15, 0.2) is 11.9 Å². The van der Waals surface area contributed by atoms with Gasteiger partial charge >= 0.3 is 0 Å². The van der Waals surface area contributed by atoms with Crippen LogP contribution in [0.2, 0.25) is 0 Å². The lowest BCUT2D eigenvalue weighted by Crippen LogP contribution is -2.54. The quantitative estimate of drug-likeness (QED) is 0.198. The summed E-state index contributed by atoms with van der Waals surface area (Å²) in [4.78, 5) is 70.8. The second kappa shape index (κ2) is 13.3. The number of nitrogens with one attached hydrogen (secondary N) is 2. The molecule has 1 unspecified atom stereocenters. The average molecular weight is 731 g/mol. The maximum Gasteiger partial charge on any atom is 0.262 e. The van der Waals surface area contributed by atoms with E-state index in [1.807, 2.05) is 29.1 Å². The highest BCUT2D eigenvalue weighted by Gasteiger charge is 2.45. The van der Waals surface area contributed by atoms with Crippen LogP contribution in [0.25, 0.3) is 11.8 Å². The van der Waals surface area contributed by atoms with E-state index in [-0.39, 0.29) is 42.1 Å². The highest BCUT2D eigenvalue weighted by atomic mass is 16.5. The third-order valence-electron chi connectivity index (χ3n) is 10.7. The molecule has 16 heteroatoms. The van der Waals surface area contributed by atoms with Crippen molar-refractivity contribution in [2.75, 3.05) is 30.4 Å². The standard InChI is InChI=1S/C38H35N9O7/c1-53-32-15-29-22(13-30(32)41-35(49)28-16-40-46-12-2-11-39-34(28)46)18-45(43-29)17-21-3-6-24(7-4-21)54-25-19-44(20-25)23-5-8-26-27(14-23)38(52)47(37(26)51)31-9-10-33(48)42-36(31)50/h2,5,8,11-18,21,24-25,31H,3-4,6-7,9-10,19-20H2,1H3,(H-,41,42,48,49,50)/p+1/b45-17+. The number of ether oxygens (including phenoxy) is 2. The fourth-order valence-electron chi connectivity index (χ4n) is 7.84. The summed E-state index contributed by atoms with van der Waals surface area (Å²) in [7, 11) is 1.55. The van der Waals surface area contributed by atoms with Gasteiger partial charge in [-0.25, -0.2) is 9.50 Å². The number of nitrogens with zero attached hydrogens (tertiary/aromatic N) is 7. The minimum absolute atomic E-state index is 0.0614. The Labute approximate surface area is 307 Å². The van der Waals surface area contributed by atoms with Crippen LogP contribution in [0.1, 0.15) is 69.6 Å². The van der Waals surface area contributed by atoms with E-state index in [0.717, 1.165) is 46.8 Å². The van der Waals surface area contributed by atoms with E-state index >= 15 is 0 Å². The van der Waals surface area contributed by atoms with Crippen LogP contribution in [0, 0.1) is 5.92 Å². The van der Waals surface area contributed by atoms with Crippen molar-refractivity contribution in [3.8, 4) is 5.75 Å². The first-order valence-corrected chi connectivity index (χ1v) is 18.0. The summed E-state index contributed by atoms with van der Waals surface area (Å²) < 4.78 is 15.4. The Bertz CT molecular complexity index is 2430. The smallest absolute Gasteiger partial charge is 0.262 e. The lowest BCUT2D eigenvalue weighted by atomic mass is 9.88. The minimum Gasteiger partial charge on any atom is -0.494 e. The second-order valence-corrected chi connectivity index (χ2v) is 14.1. The van der Waals surface area contributed by atoms with Gasteiger partial charge in [0.2, 0.25) is 18.0 Å². The molecular formula is C38H36N9O7+. The molecule has 1 aliphatic carbocycles. The molecule has 54 heavy (non-hydrogen) atoms. The van der Waals surface area contributed by atoms with Crippen molar-refractivity contribution in [3.05, 3.63) is 82.3 Å². The zero-order chi connectivity index (χ0) is 37.1. The van der Waals surface area contributed by atoms with E-state index < -0.39 is 29.7 Å². The Morgan fingerprint density at radius 2 is 1.81 bits per heavy atom. The number of methoxy groups -OCH3 is 1. The van der Waals surface area contributed by atoms with Gasteiger partial charge < -0.3 is 19.7 Å². The van der Waals surface area contributed by atoms with Crippen LogP contribution in [0.5, 0.6) is 5.75 Å². The van der Waals surface area contributed by atoms with Crippen LogP contribution in [0.3, 0.4) is 0 Å². The molecule has 0 spiro atoms. The fourth-order valence-corrected chi connectivity index (χ4v) is 7.84. The molecule has 9 rings (SSSR count). The molecule has 4 aliphatic heterocycles. The van der Waals surface area contributed by atoms with E-state index in [1.165, 1.54) is 6.20 Å². The summed E-state index contributed by atoms with van der Waals surface area (Å²) >= 11 is 0. The number of carbonyl (C=O) groups is 5. The monoisotopic (exact) mass is 730 g/mol. The zero-order valence-corrected chi connectivity index (χ0v) is 29.3. The van der Waals surface area contributed by atoms with Crippen molar-refractivity contribution < 1.29 is 38.1 Å². The first kappa shape index (κ1) is 33.5. The molecule has 0 radical (unpaired) electrons. The normalized spacial score (nSPS) is 23.1. The molecule has 5 aliphatic rings. The Kier molecular flexibility index (Phi) is 8.25. The van der Waals surface area contributed by atoms with Gasteiger partial charge in [-0.2, -0.15) is 5.10 Å². The van der Waals surface area contributed by atoms with Gasteiger partial charge in [0, 0.05) is 54.7 Å². The molecule has 1 atom stereocenters. The zero-order valence-electron chi connectivity index (χ0n) is 29.3. The highest BCUT2D eigenvalue weighted by molar-refractivity contribution is 6.23. The number of carbonyl (C=O) groups excluding carboxylic acids is 5. The van der Waals surface area contributed by atoms with Gasteiger partial charge in [-0.3, -0.25) is 34.2 Å². The molecule has 2 N–H and O–H groups in total. The number of aromatic nitrogens is 3. The van der Waals surface area contributed by atoms with Crippen molar-refractivity contribution in [1.29, 1.82) is 0 Å². The summed E-state index contributed by atoms with van der Waals surface area (Å²) in [6, 6.07) is 9.60. The van der Waals surface area contributed by atoms with Crippen LogP contribution in [-0.4, -0.2) is 98.4 Å². The molecular weight excluding hydrogens is 694 g/mol. The molecule has 5 amide bonds. The van der Waals surface area contributed by atoms with Crippen molar-refractivity contribution >= 4 is 59.0 Å². The van der Waals surface area contributed by atoms with Gasteiger partial charge in [-0.05, 0) is 62.4 Å². The van der Waals surface area contributed by atoms with E-state index in [1.54, 1.807) is 42.2 Å². The molecule has 1 saturated carbocycles. The lowest BCUT2D eigenvalue weighted by Gasteiger charge is -2.43. The number of benzene rings is 2. The molecule has 3 fully saturated rings. The SMILES string of the molecule is COc1cc2c(cc1NC(=O)c1cnn3cccnc13)=C/[N+](=C\C1CCC(OC3CN(c4ccc5c(c4)C(=O)N(C4CCC(=O)NC4=O)C5=O)C3)CC1)N=2. The van der Waals surface area contributed by atoms with Gasteiger partial charge in [-0.1, -0.05) is 4.68 Å². The fraction of sp³-hybridized carbons (Fsp3) is 0.342. The molecule has 2 aromatic heterocycles. The number of imide groups is 2. The first-order valence-electron chi connectivity index (χ1n) is 18.0. The van der Waals surface area contributed by atoms with E-state index in [9.17, 15) is 24.0 Å². The molecule has 0 bridgehead atoms. The van der Waals surface area contributed by atoms with Gasteiger partial charge in [-0.15, -0.1) is 0 Å². The Balaban J connectivity index is 0.783. The summed E-state index contributed by atoms with van der Waals surface area (Å²) in [6.07, 6.45) is 13.1. The van der Waals surface area contributed by atoms with Gasteiger partial charge in [0.1, 0.15) is 22.7 Å². The van der Waals surface area contributed by atoms with Crippen molar-refractivity contribution in [2.24, 2.45) is 11.0 Å². The van der Waals surface area contributed by atoms with E-state index in [4.69, 9.17) is 14.6 Å². The Morgan fingerprint density at radius 1 is 1.00 bits per heavy atom. The lowest BCUT2D eigenvalue weighted by molar-refractivity contribution is -0.424. The van der Waals surface area contributed by atoms with Crippen LogP contribution < -0.4 is 30.8 Å². The topological polar surface area (TPSA) is 180 Å². The van der Waals surface area contributed by atoms with Gasteiger partial charge in [0.25, 0.3) is 17.7 Å². The number of anilines is 2. The van der Waals surface area contributed by atoms with Crippen molar-refractivity contribution in [3.63, 3.8) is 0 Å². The number of hydrogen-bond acceptors (Lipinski definition) is 11. The Morgan fingerprint density at radius 3 is 2.61 bits per heavy atom. The number of fused-ring (bicyclic) bond motifs is 3. The molecule has 16 nitrogen and oxygen atoms in total. The summed E-state index contributed by atoms with van der Waals surface area (Å²) in [5, 5.41) is 15.7. The third-order valence-corrected chi connectivity index (χ3v) is 10.7. The van der Waals surface area contributed by atoms with Crippen LogP contribution in [-0.2, 0) is 14.3 Å². The molecule has 4 aromatic rings. The summed E-state index contributed by atoms with van der Waals surface area (Å²) in [5.41, 5.74) is 2.70. The minimum atomic E-state index is -0.987. The molecule has 2 saturated heterocycles. The average Bonchev–Trinajstić information content (AvgIpc) is 3.83. The molecule has 2 aromatic carbocycles. The van der Waals surface area contributed by atoms with Crippen LogP contribution in [0.15, 0.2) is 60.1 Å².